The lowest BCUT2D eigenvalue weighted by molar-refractivity contribution is 0.0954. The fourth-order valence-corrected chi connectivity index (χ4v) is 2.79. The molecule has 0 atom stereocenters. The van der Waals surface area contributed by atoms with Crippen LogP contribution in [-0.4, -0.2) is 17.4 Å². The number of aromatic nitrogens is 1. The lowest BCUT2D eigenvalue weighted by Gasteiger charge is -2.19. The van der Waals surface area contributed by atoms with E-state index >= 15 is 0 Å². The van der Waals surface area contributed by atoms with Gasteiger partial charge in [-0.3, -0.25) is 4.79 Å². The molecule has 0 unspecified atom stereocenters. The number of nitrogens with one attached hydrogen (secondary N) is 2. The Balaban J connectivity index is 1.56. The van der Waals surface area contributed by atoms with E-state index in [0.29, 0.717) is 12.1 Å². The third-order valence-electron chi connectivity index (χ3n) is 4.33. The van der Waals surface area contributed by atoms with Crippen LogP contribution >= 0.6 is 0 Å². The van der Waals surface area contributed by atoms with Crippen LogP contribution in [0, 0.1) is 0 Å². The average molecular weight is 320 g/mol. The van der Waals surface area contributed by atoms with E-state index in [1.54, 1.807) is 0 Å². The van der Waals surface area contributed by atoms with Gasteiger partial charge in [0.1, 0.15) is 0 Å². The number of hydrogen-bond acceptors (Lipinski definition) is 1. The zero-order valence-corrected chi connectivity index (χ0v) is 14.5. The molecule has 3 rings (SSSR count). The number of fused-ring (bicyclic) bond motifs is 1. The molecule has 2 aromatic carbocycles. The fourth-order valence-electron chi connectivity index (χ4n) is 2.79. The fraction of sp³-hybridized carbons (Fsp3) is 0.286. The van der Waals surface area contributed by atoms with Crippen LogP contribution in [0.1, 0.15) is 42.3 Å². The van der Waals surface area contributed by atoms with Gasteiger partial charge >= 0.3 is 0 Å². The van der Waals surface area contributed by atoms with Crippen LogP contribution in [0.25, 0.3) is 10.9 Å². The Kier molecular flexibility index (Phi) is 4.43. The Morgan fingerprint density at radius 2 is 1.79 bits per heavy atom. The maximum Gasteiger partial charge on any atom is 0.251 e. The van der Waals surface area contributed by atoms with Crippen LogP contribution in [0.15, 0.2) is 54.7 Å². The van der Waals surface area contributed by atoms with Crippen LogP contribution in [0.4, 0.5) is 0 Å². The van der Waals surface area contributed by atoms with E-state index in [0.717, 1.165) is 17.3 Å². The van der Waals surface area contributed by atoms with Gasteiger partial charge in [-0.1, -0.05) is 45.0 Å². The highest BCUT2D eigenvalue weighted by Crippen LogP contribution is 2.22. The highest BCUT2D eigenvalue weighted by molar-refractivity contribution is 5.98. The Hall–Kier alpha value is -2.55. The standard InChI is InChI=1S/C21H24N2O/c1-21(2,3)18-7-4-15(5-8-18)10-12-23-20(24)17-6-9-19-16(14-17)11-13-22-19/h4-9,11,13-14,22H,10,12H2,1-3H3,(H,23,24). The molecule has 2 N–H and O–H groups in total. The predicted molar refractivity (Wildman–Crippen MR) is 99.5 cm³/mol. The summed E-state index contributed by atoms with van der Waals surface area (Å²) in [6.45, 7) is 7.27. The van der Waals surface area contributed by atoms with Gasteiger partial charge < -0.3 is 10.3 Å². The molecule has 0 bridgehead atoms. The van der Waals surface area contributed by atoms with Crippen molar-refractivity contribution in [2.45, 2.75) is 32.6 Å². The Bertz CT molecular complexity index is 838. The minimum Gasteiger partial charge on any atom is -0.361 e. The van der Waals surface area contributed by atoms with Crippen molar-refractivity contribution in [1.29, 1.82) is 0 Å². The topological polar surface area (TPSA) is 44.9 Å². The number of amides is 1. The van der Waals surface area contributed by atoms with Gasteiger partial charge in [0.25, 0.3) is 5.91 Å². The third kappa shape index (κ3) is 3.67. The SMILES string of the molecule is CC(C)(C)c1ccc(CCNC(=O)c2ccc3[nH]ccc3c2)cc1. The summed E-state index contributed by atoms with van der Waals surface area (Å²) in [7, 11) is 0. The van der Waals surface area contributed by atoms with Crippen LogP contribution in [0.5, 0.6) is 0 Å². The first-order chi connectivity index (χ1) is 11.4. The molecule has 3 heteroatoms. The molecule has 3 nitrogen and oxygen atoms in total. The van der Waals surface area contributed by atoms with E-state index in [4.69, 9.17) is 0 Å². The molecule has 0 saturated heterocycles. The molecule has 1 heterocycles. The van der Waals surface area contributed by atoms with E-state index in [2.05, 4.69) is 55.3 Å². The first kappa shape index (κ1) is 16.3. The molecule has 0 fully saturated rings. The number of rotatable bonds is 4. The number of benzene rings is 2. The summed E-state index contributed by atoms with van der Waals surface area (Å²) in [6, 6.07) is 16.3. The van der Waals surface area contributed by atoms with E-state index in [9.17, 15) is 4.79 Å². The maximum atomic E-state index is 12.3. The third-order valence-corrected chi connectivity index (χ3v) is 4.33. The number of carbonyl (C=O) groups is 1. The summed E-state index contributed by atoms with van der Waals surface area (Å²) in [5.41, 5.74) is 4.49. The number of aromatic amines is 1. The maximum absolute atomic E-state index is 12.3. The second-order valence-corrected chi connectivity index (χ2v) is 7.23. The van der Waals surface area contributed by atoms with Gasteiger partial charge in [0.05, 0.1) is 0 Å². The predicted octanol–water partition coefficient (Wildman–Crippen LogP) is 4.44. The molecule has 0 aliphatic carbocycles. The minimum atomic E-state index is -0.0237. The van der Waals surface area contributed by atoms with Crippen LogP contribution in [-0.2, 0) is 11.8 Å². The molecule has 3 aromatic rings. The molecule has 1 aromatic heterocycles. The lowest BCUT2D eigenvalue weighted by atomic mass is 9.86. The first-order valence-electron chi connectivity index (χ1n) is 8.38. The van der Waals surface area contributed by atoms with Crippen molar-refractivity contribution in [2.75, 3.05) is 6.54 Å². The molecule has 0 saturated carbocycles. The second kappa shape index (κ2) is 6.52. The number of H-pyrrole nitrogens is 1. The zero-order chi connectivity index (χ0) is 17.2. The van der Waals surface area contributed by atoms with Crippen molar-refractivity contribution in [3.8, 4) is 0 Å². The highest BCUT2D eigenvalue weighted by Gasteiger charge is 2.12. The van der Waals surface area contributed by atoms with Crippen molar-refractivity contribution < 1.29 is 4.79 Å². The van der Waals surface area contributed by atoms with E-state index in [1.165, 1.54) is 11.1 Å². The first-order valence-corrected chi connectivity index (χ1v) is 8.38. The highest BCUT2D eigenvalue weighted by atomic mass is 16.1. The summed E-state index contributed by atoms with van der Waals surface area (Å²) in [5, 5.41) is 4.06. The van der Waals surface area contributed by atoms with Crippen LogP contribution in [0.3, 0.4) is 0 Å². The van der Waals surface area contributed by atoms with Crippen LogP contribution < -0.4 is 5.32 Å². The Labute approximate surface area is 143 Å². The smallest absolute Gasteiger partial charge is 0.251 e. The summed E-state index contributed by atoms with van der Waals surface area (Å²) in [4.78, 5) is 15.4. The Morgan fingerprint density at radius 3 is 2.50 bits per heavy atom. The van der Waals surface area contributed by atoms with Crippen molar-refractivity contribution >= 4 is 16.8 Å². The minimum absolute atomic E-state index is 0.0237. The van der Waals surface area contributed by atoms with E-state index in [-0.39, 0.29) is 11.3 Å². The number of carbonyl (C=O) groups excluding carboxylic acids is 1. The monoisotopic (exact) mass is 320 g/mol. The lowest BCUT2D eigenvalue weighted by Crippen LogP contribution is -2.25. The van der Waals surface area contributed by atoms with Gasteiger partial charge in [-0.2, -0.15) is 0 Å². The van der Waals surface area contributed by atoms with Gasteiger partial charge in [0.2, 0.25) is 0 Å². The molecule has 0 aliphatic heterocycles. The average Bonchev–Trinajstić information content (AvgIpc) is 3.02. The van der Waals surface area contributed by atoms with E-state index < -0.39 is 0 Å². The molecule has 0 aliphatic rings. The van der Waals surface area contributed by atoms with Crippen molar-refractivity contribution in [3.63, 3.8) is 0 Å². The van der Waals surface area contributed by atoms with Crippen LogP contribution in [0.2, 0.25) is 0 Å². The van der Waals surface area contributed by atoms with Gasteiger partial charge in [-0.25, -0.2) is 0 Å². The molecule has 24 heavy (non-hydrogen) atoms. The summed E-state index contributed by atoms with van der Waals surface area (Å²) in [6.07, 6.45) is 2.72. The van der Waals surface area contributed by atoms with Gasteiger partial charge in [-0.15, -0.1) is 0 Å². The zero-order valence-electron chi connectivity index (χ0n) is 14.5. The second-order valence-electron chi connectivity index (χ2n) is 7.23. The van der Waals surface area contributed by atoms with Crippen molar-refractivity contribution in [1.82, 2.24) is 10.3 Å². The normalized spacial score (nSPS) is 11.6. The molecule has 0 radical (unpaired) electrons. The van der Waals surface area contributed by atoms with Crippen molar-refractivity contribution in [2.24, 2.45) is 0 Å². The van der Waals surface area contributed by atoms with Gasteiger partial charge in [0.15, 0.2) is 0 Å². The van der Waals surface area contributed by atoms with Gasteiger partial charge in [-0.05, 0) is 47.2 Å². The summed E-state index contributed by atoms with van der Waals surface area (Å²) >= 11 is 0. The molecule has 124 valence electrons. The summed E-state index contributed by atoms with van der Waals surface area (Å²) < 4.78 is 0. The molecule has 0 spiro atoms. The molecular weight excluding hydrogens is 296 g/mol. The molecular formula is C21H24N2O. The largest absolute Gasteiger partial charge is 0.361 e. The summed E-state index contributed by atoms with van der Waals surface area (Å²) in [5.74, 6) is -0.0237. The van der Waals surface area contributed by atoms with E-state index in [1.807, 2.05) is 30.5 Å². The van der Waals surface area contributed by atoms with Gasteiger partial charge in [0, 0.05) is 29.2 Å². The number of hydrogen-bond donors (Lipinski definition) is 2. The molecule has 1 amide bonds. The quantitative estimate of drug-likeness (QED) is 0.733. The Morgan fingerprint density at radius 1 is 1.04 bits per heavy atom. The van der Waals surface area contributed by atoms with Crippen molar-refractivity contribution in [3.05, 3.63) is 71.4 Å².